The summed E-state index contributed by atoms with van der Waals surface area (Å²) >= 11 is 0. The van der Waals surface area contributed by atoms with Crippen molar-refractivity contribution in [3.05, 3.63) is 11.6 Å². The number of carbonyl (C=O) groups is 1. The van der Waals surface area contributed by atoms with Gasteiger partial charge >= 0.3 is 5.97 Å². The molecule has 0 aliphatic heterocycles. The molecule has 0 N–H and O–H groups in total. The second-order valence-electron chi connectivity index (χ2n) is 13.0. The molecule has 0 spiro atoms. The minimum Gasteiger partial charge on any atom is -0.466 e. The van der Waals surface area contributed by atoms with E-state index in [0.29, 0.717) is 29.3 Å². The summed E-state index contributed by atoms with van der Waals surface area (Å²) < 4.78 is 5.27. The van der Waals surface area contributed by atoms with Crippen LogP contribution in [0, 0.1) is 52.3 Å². The van der Waals surface area contributed by atoms with Crippen LogP contribution in [-0.2, 0) is 9.53 Å². The monoisotopic (exact) mass is 442 g/mol. The fraction of sp³-hybridized carbons (Fsp3) is 0.900. The molecule has 0 heterocycles. The van der Waals surface area contributed by atoms with Crippen molar-refractivity contribution >= 4 is 5.97 Å². The largest absolute Gasteiger partial charge is 0.466 e. The summed E-state index contributed by atoms with van der Waals surface area (Å²) in [5, 5.41) is 0. The van der Waals surface area contributed by atoms with Crippen LogP contribution in [0.1, 0.15) is 112 Å². The Balaban J connectivity index is 1.37. The fourth-order valence-electron chi connectivity index (χ4n) is 8.94. The van der Waals surface area contributed by atoms with Crippen LogP contribution in [0.25, 0.3) is 0 Å². The highest BCUT2D eigenvalue weighted by Crippen LogP contribution is 2.66. The van der Waals surface area contributed by atoms with Gasteiger partial charge in [-0.25, -0.2) is 0 Å². The molecule has 4 rings (SSSR count). The number of allylic oxidation sites excluding steroid dienone is 2. The maximum Gasteiger partial charge on any atom is 0.302 e. The zero-order valence-corrected chi connectivity index (χ0v) is 21.9. The molecule has 3 saturated carbocycles. The van der Waals surface area contributed by atoms with Gasteiger partial charge in [-0.05, 0) is 97.2 Å². The lowest BCUT2D eigenvalue weighted by atomic mass is 9.45. The van der Waals surface area contributed by atoms with Crippen molar-refractivity contribution < 1.29 is 9.53 Å². The lowest BCUT2D eigenvalue weighted by Crippen LogP contribution is -2.50. The molecule has 2 unspecified atom stereocenters. The summed E-state index contributed by atoms with van der Waals surface area (Å²) in [6, 6.07) is 0. The highest BCUT2D eigenvalue weighted by molar-refractivity contribution is 5.65. The van der Waals surface area contributed by atoms with E-state index in [1.165, 1.54) is 77.6 Å². The van der Waals surface area contributed by atoms with Crippen molar-refractivity contribution in [3.8, 4) is 0 Å². The maximum atomic E-state index is 11.2. The number of ether oxygens (including phenoxy) is 1. The highest BCUT2D eigenvalue weighted by atomic mass is 16.5. The van der Waals surface area contributed by atoms with E-state index in [2.05, 4.69) is 40.7 Å². The van der Waals surface area contributed by atoms with E-state index in [-0.39, 0.29) is 5.97 Å². The average Bonchev–Trinajstić information content (AvgIpc) is 3.12. The molecule has 32 heavy (non-hydrogen) atoms. The normalized spacial score (nSPS) is 41.5. The van der Waals surface area contributed by atoms with Crippen LogP contribution >= 0.6 is 0 Å². The lowest BCUT2D eigenvalue weighted by molar-refractivity contribution is -0.142. The standard InChI is InChI=1S/C30H50O2/c1-20(22(3)19-32-23(4)31)10-11-21(2)26-14-15-27-25-13-12-24-9-7-8-17-29(24,5)28(25)16-18-30(26,27)6/h15,20-22,24-26,28H,7-14,16-19H2,1-6H3/t20-,21+,22?,24?,25-,26+,28-,29-,30+/m0/s1. The van der Waals surface area contributed by atoms with Gasteiger partial charge in [0.1, 0.15) is 0 Å². The molecule has 9 atom stereocenters. The first-order valence-electron chi connectivity index (χ1n) is 14.0. The molecule has 2 nitrogen and oxygen atoms in total. The number of carbonyl (C=O) groups excluding carboxylic acids is 1. The van der Waals surface area contributed by atoms with E-state index in [9.17, 15) is 4.79 Å². The third-order valence-electron chi connectivity index (χ3n) is 11.3. The van der Waals surface area contributed by atoms with E-state index in [1.807, 2.05) is 5.57 Å². The first kappa shape index (κ1) is 24.3. The van der Waals surface area contributed by atoms with Gasteiger partial charge < -0.3 is 4.74 Å². The Kier molecular flexibility index (Phi) is 7.19. The van der Waals surface area contributed by atoms with Gasteiger partial charge in [0.05, 0.1) is 6.61 Å². The fourth-order valence-corrected chi connectivity index (χ4v) is 8.94. The molecular weight excluding hydrogens is 392 g/mol. The number of rotatable bonds is 7. The molecule has 0 saturated heterocycles. The van der Waals surface area contributed by atoms with Gasteiger partial charge in [0.15, 0.2) is 0 Å². The third-order valence-corrected chi connectivity index (χ3v) is 11.3. The number of hydrogen-bond acceptors (Lipinski definition) is 2. The van der Waals surface area contributed by atoms with E-state index in [0.717, 1.165) is 29.6 Å². The van der Waals surface area contributed by atoms with Gasteiger partial charge in [0.2, 0.25) is 0 Å². The van der Waals surface area contributed by atoms with Gasteiger partial charge in [-0.2, -0.15) is 0 Å². The Bertz CT molecular complexity index is 710. The summed E-state index contributed by atoms with van der Waals surface area (Å²) in [7, 11) is 0. The van der Waals surface area contributed by atoms with Crippen LogP contribution in [-0.4, -0.2) is 12.6 Å². The molecule has 0 aromatic carbocycles. The van der Waals surface area contributed by atoms with Crippen molar-refractivity contribution in [2.24, 2.45) is 52.3 Å². The number of esters is 1. The Morgan fingerprint density at radius 2 is 1.81 bits per heavy atom. The summed E-state index contributed by atoms with van der Waals surface area (Å²) in [6.45, 7) is 14.5. The SMILES string of the molecule is CC(=O)OCC(C)[C@@H](C)CC[C@@H](C)[C@H]1CC=C2[C@@H]3CCC4CCCC[C@]4(C)[C@H]3CC[C@@]21C. The number of hydrogen-bond donors (Lipinski definition) is 0. The summed E-state index contributed by atoms with van der Waals surface area (Å²) in [5.74, 6) is 5.35. The van der Waals surface area contributed by atoms with Crippen LogP contribution in [0.2, 0.25) is 0 Å². The minimum absolute atomic E-state index is 0.151. The molecule has 0 bridgehead atoms. The molecule has 0 aromatic rings. The van der Waals surface area contributed by atoms with Gasteiger partial charge in [-0.15, -0.1) is 0 Å². The van der Waals surface area contributed by atoms with Crippen LogP contribution in [0.3, 0.4) is 0 Å². The van der Waals surface area contributed by atoms with Crippen molar-refractivity contribution in [2.45, 2.75) is 112 Å². The second-order valence-corrected chi connectivity index (χ2v) is 13.0. The first-order chi connectivity index (χ1) is 15.2. The predicted molar refractivity (Wildman–Crippen MR) is 133 cm³/mol. The van der Waals surface area contributed by atoms with Crippen molar-refractivity contribution in [1.29, 1.82) is 0 Å². The van der Waals surface area contributed by atoms with Gasteiger partial charge in [-0.1, -0.05) is 72.0 Å². The quantitative estimate of drug-likeness (QED) is 0.293. The van der Waals surface area contributed by atoms with Crippen LogP contribution in [0.4, 0.5) is 0 Å². The van der Waals surface area contributed by atoms with Gasteiger partial charge in [-0.3, -0.25) is 4.79 Å². The van der Waals surface area contributed by atoms with Gasteiger partial charge in [0.25, 0.3) is 0 Å². The molecule has 0 radical (unpaired) electrons. The lowest BCUT2D eigenvalue weighted by Gasteiger charge is -2.59. The number of fused-ring (bicyclic) bond motifs is 5. The Morgan fingerprint density at radius 3 is 2.56 bits per heavy atom. The molecule has 3 fully saturated rings. The Hall–Kier alpha value is -0.790. The molecule has 0 aromatic heterocycles. The summed E-state index contributed by atoms with van der Waals surface area (Å²) in [6.07, 6.45) is 18.4. The summed E-state index contributed by atoms with van der Waals surface area (Å²) in [4.78, 5) is 11.2. The Morgan fingerprint density at radius 1 is 1.03 bits per heavy atom. The minimum atomic E-state index is -0.151. The molecule has 182 valence electrons. The van der Waals surface area contributed by atoms with E-state index in [4.69, 9.17) is 4.74 Å². The van der Waals surface area contributed by atoms with Crippen LogP contribution < -0.4 is 0 Å². The van der Waals surface area contributed by atoms with E-state index in [1.54, 1.807) is 0 Å². The van der Waals surface area contributed by atoms with Crippen molar-refractivity contribution in [3.63, 3.8) is 0 Å². The van der Waals surface area contributed by atoms with Crippen LogP contribution in [0.5, 0.6) is 0 Å². The Labute approximate surface area is 198 Å². The van der Waals surface area contributed by atoms with Crippen LogP contribution in [0.15, 0.2) is 11.6 Å². The zero-order chi connectivity index (χ0) is 23.1. The molecule has 4 aliphatic rings. The molecule has 2 heteroatoms. The first-order valence-corrected chi connectivity index (χ1v) is 14.0. The molecule has 4 aliphatic carbocycles. The van der Waals surface area contributed by atoms with Crippen molar-refractivity contribution in [2.75, 3.05) is 6.61 Å². The predicted octanol–water partition coefficient (Wildman–Crippen LogP) is 8.21. The highest BCUT2D eigenvalue weighted by Gasteiger charge is 2.57. The summed E-state index contributed by atoms with van der Waals surface area (Å²) in [5.41, 5.74) is 2.97. The zero-order valence-electron chi connectivity index (χ0n) is 21.9. The second kappa shape index (κ2) is 9.46. The van der Waals surface area contributed by atoms with E-state index >= 15 is 0 Å². The average molecular weight is 443 g/mol. The topological polar surface area (TPSA) is 26.3 Å². The van der Waals surface area contributed by atoms with Crippen molar-refractivity contribution in [1.82, 2.24) is 0 Å². The molecular formula is C30H50O2. The molecule has 0 amide bonds. The maximum absolute atomic E-state index is 11.2. The van der Waals surface area contributed by atoms with Gasteiger partial charge in [0, 0.05) is 6.92 Å². The smallest absolute Gasteiger partial charge is 0.302 e. The van der Waals surface area contributed by atoms with E-state index < -0.39 is 0 Å². The third kappa shape index (κ3) is 4.34.